The van der Waals surface area contributed by atoms with Gasteiger partial charge in [0.25, 0.3) is 0 Å². The van der Waals surface area contributed by atoms with Gasteiger partial charge in [-0.15, -0.1) is 0 Å². The van der Waals surface area contributed by atoms with E-state index in [1.54, 1.807) is 0 Å². The van der Waals surface area contributed by atoms with Crippen LogP contribution < -0.4 is 5.32 Å². The summed E-state index contributed by atoms with van der Waals surface area (Å²) < 4.78 is 38.8. The summed E-state index contributed by atoms with van der Waals surface area (Å²) in [6, 6.07) is 5.25. The monoisotopic (exact) mass is 401 g/mol. The van der Waals surface area contributed by atoms with E-state index in [0.29, 0.717) is 6.54 Å². The molecule has 1 aromatic rings. The first-order valence-corrected chi connectivity index (χ1v) is 7.67. The normalized spacial score (nSPS) is 13.6. The van der Waals surface area contributed by atoms with E-state index >= 15 is 0 Å². The van der Waals surface area contributed by atoms with Crippen molar-refractivity contribution in [2.45, 2.75) is 38.4 Å². The van der Waals surface area contributed by atoms with Crippen molar-refractivity contribution in [2.24, 2.45) is 0 Å². The molecular weight excluding hydrogens is 387 g/mol. The minimum Gasteiger partial charge on any atom is -0.310 e. The van der Waals surface area contributed by atoms with E-state index in [4.69, 9.17) is 0 Å². The number of alkyl halides is 3. The summed E-state index contributed by atoms with van der Waals surface area (Å²) in [5, 5.41) is 3.17. The van der Waals surface area contributed by atoms with Crippen LogP contribution in [0.4, 0.5) is 13.2 Å². The van der Waals surface area contributed by atoms with Gasteiger partial charge in [0.1, 0.15) is 0 Å². The Morgan fingerprint density at radius 3 is 2.47 bits per heavy atom. The Hall–Kier alpha value is -0.0700. The van der Waals surface area contributed by atoms with Gasteiger partial charge in [0.05, 0.1) is 0 Å². The highest BCUT2D eigenvalue weighted by Crippen LogP contribution is 2.32. The van der Waals surface area contributed by atoms with E-state index in [0.717, 1.165) is 20.9 Å². The molecule has 0 amide bonds. The lowest BCUT2D eigenvalue weighted by atomic mass is 10.0. The highest BCUT2D eigenvalue weighted by atomic mass is 79.9. The quantitative estimate of drug-likeness (QED) is 0.653. The largest absolute Gasteiger partial charge is 0.389 e. The number of hydrogen-bond donors (Lipinski definition) is 1. The molecule has 0 saturated heterocycles. The van der Waals surface area contributed by atoms with Crippen molar-refractivity contribution in [3.63, 3.8) is 0 Å². The second kappa shape index (κ2) is 7.64. The average Bonchev–Trinajstić information content (AvgIpc) is 2.29. The fourth-order valence-corrected chi connectivity index (χ4v) is 3.10. The molecule has 19 heavy (non-hydrogen) atoms. The van der Waals surface area contributed by atoms with Crippen LogP contribution in [0.15, 0.2) is 27.1 Å². The Morgan fingerprint density at radius 2 is 1.95 bits per heavy atom. The van der Waals surface area contributed by atoms with Crippen LogP contribution in [0.2, 0.25) is 0 Å². The fourth-order valence-electron chi connectivity index (χ4n) is 1.78. The molecule has 0 aliphatic rings. The molecular formula is C13H16Br2F3N. The maximum atomic E-state index is 12.4. The molecule has 0 bridgehead atoms. The fraction of sp³-hybridized carbons (Fsp3) is 0.538. The van der Waals surface area contributed by atoms with Gasteiger partial charge in [0, 0.05) is 21.4 Å². The van der Waals surface area contributed by atoms with Gasteiger partial charge in [-0.3, -0.25) is 0 Å². The Kier molecular flexibility index (Phi) is 6.83. The molecule has 0 aliphatic carbocycles. The lowest BCUT2D eigenvalue weighted by molar-refractivity contribution is -0.136. The van der Waals surface area contributed by atoms with Crippen molar-refractivity contribution in [3.05, 3.63) is 32.7 Å². The van der Waals surface area contributed by atoms with Crippen molar-refractivity contribution in [3.8, 4) is 0 Å². The predicted octanol–water partition coefficient (Wildman–Crippen LogP) is 5.59. The molecule has 0 aromatic heterocycles. The molecule has 0 spiro atoms. The van der Waals surface area contributed by atoms with E-state index in [1.807, 2.05) is 25.1 Å². The van der Waals surface area contributed by atoms with Gasteiger partial charge in [0.15, 0.2) is 0 Å². The van der Waals surface area contributed by atoms with Crippen LogP contribution in [-0.4, -0.2) is 12.7 Å². The van der Waals surface area contributed by atoms with Crippen LogP contribution in [0.3, 0.4) is 0 Å². The van der Waals surface area contributed by atoms with Crippen LogP contribution in [-0.2, 0) is 0 Å². The van der Waals surface area contributed by atoms with Crippen molar-refractivity contribution in [1.82, 2.24) is 5.32 Å². The molecule has 108 valence electrons. The zero-order chi connectivity index (χ0) is 14.5. The van der Waals surface area contributed by atoms with Crippen LogP contribution in [0.5, 0.6) is 0 Å². The third-order valence-electron chi connectivity index (χ3n) is 2.70. The van der Waals surface area contributed by atoms with Crippen LogP contribution in [0.25, 0.3) is 0 Å². The topological polar surface area (TPSA) is 12.0 Å². The SMILES string of the molecule is CCCNC(CCC(F)(F)F)c1ccc(Br)cc1Br. The average molecular weight is 403 g/mol. The van der Waals surface area contributed by atoms with Gasteiger partial charge in [-0.25, -0.2) is 0 Å². The summed E-state index contributed by atoms with van der Waals surface area (Å²) in [7, 11) is 0. The zero-order valence-electron chi connectivity index (χ0n) is 10.5. The lowest BCUT2D eigenvalue weighted by Crippen LogP contribution is -2.24. The smallest absolute Gasteiger partial charge is 0.310 e. The van der Waals surface area contributed by atoms with E-state index < -0.39 is 12.6 Å². The minimum absolute atomic E-state index is 0.0454. The van der Waals surface area contributed by atoms with Crippen LogP contribution in [0.1, 0.15) is 37.8 Å². The molecule has 1 atom stereocenters. The molecule has 1 N–H and O–H groups in total. The molecule has 0 heterocycles. The molecule has 0 saturated carbocycles. The van der Waals surface area contributed by atoms with Gasteiger partial charge >= 0.3 is 6.18 Å². The maximum absolute atomic E-state index is 12.4. The second-order valence-corrected chi connectivity index (χ2v) is 6.10. The Bertz CT molecular complexity index is 407. The molecule has 0 fully saturated rings. The Balaban J connectivity index is 2.83. The summed E-state index contributed by atoms with van der Waals surface area (Å²) in [5.41, 5.74) is 0.862. The predicted molar refractivity (Wildman–Crippen MR) is 78.2 cm³/mol. The Labute approximate surface area is 128 Å². The first-order valence-electron chi connectivity index (χ1n) is 6.08. The minimum atomic E-state index is -4.12. The summed E-state index contributed by atoms with van der Waals surface area (Å²) in [6.07, 6.45) is -3.97. The molecule has 1 nitrogen and oxygen atoms in total. The Morgan fingerprint density at radius 1 is 1.26 bits per heavy atom. The number of halogens is 5. The number of rotatable bonds is 6. The van der Waals surface area contributed by atoms with Crippen LogP contribution >= 0.6 is 31.9 Å². The van der Waals surface area contributed by atoms with Crippen molar-refractivity contribution in [2.75, 3.05) is 6.54 Å². The van der Waals surface area contributed by atoms with Gasteiger partial charge in [0.2, 0.25) is 0 Å². The summed E-state index contributed by atoms with van der Waals surface area (Å²) in [5.74, 6) is 0. The van der Waals surface area contributed by atoms with Crippen molar-refractivity contribution < 1.29 is 13.2 Å². The number of hydrogen-bond acceptors (Lipinski definition) is 1. The maximum Gasteiger partial charge on any atom is 0.389 e. The van der Waals surface area contributed by atoms with E-state index in [9.17, 15) is 13.2 Å². The summed E-state index contributed by atoms with van der Waals surface area (Å²) in [4.78, 5) is 0. The van der Waals surface area contributed by atoms with Gasteiger partial charge in [-0.1, -0.05) is 44.8 Å². The van der Waals surface area contributed by atoms with Gasteiger partial charge in [-0.05, 0) is 37.1 Å². The molecule has 6 heteroatoms. The third kappa shape index (κ3) is 6.27. The van der Waals surface area contributed by atoms with Crippen LogP contribution in [0, 0.1) is 0 Å². The van der Waals surface area contributed by atoms with E-state index in [1.165, 1.54) is 0 Å². The number of nitrogens with one attached hydrogen (secondary N) is 1. The molecule has 1 aromatic carbocycles. The molecule has 0 radical (unpaired) electrons. The van der Waals surface area contributed by atoms with E-state index in [-0.39, 0.29) is 12.5 Å². The third-order valence-corrected chi connectivity index (χ3v) is 3.88. The highest BCUT2D eigenvalue weighted by molar-refractivity contribution is 9.11. The van der Waals surface area contributed by atoms with Gasteiger partial charge in [-0.2, -0.15) is 13.2 Å². The van der Waals surface area contributed by atoms with Crippen molar-refractivity contribution in [1.29, 1.82) is 0 Å². The first-order chi connectivity index (χ1) is 8.83. The molecule has 0 aliphatic heterocycles. The van der Waals surface area contributed by atoms with Crippen molar-refractivity contribution >= 4 is 31.9 Å². The standard InChI is InChI=1S/C13H16Br2F3N/c1-2-7-19-12(5-6-13(16,17)18)10-4-3-9(14)8-11(10)15/h3-4,8,12,19H,2,5-7H2,1H3. The van der Waals surface area contributed by atoms with Gasteiger partial charge < -0.3 is 5.32 Å². The summed E-state index contributed by atoms with van der Waals surface area (Å²) >= 11 is 6.75. The number of benzene rings is 1. The van der Waals surface area contributed by atoms with E-state index in [2.05, 4.69) is 37.2 Å². The molecule has 1 unspecified atom stereocenters. The second-order valence-electron chi connectivity index (χ2n) is 4.33. The summed E-state index contributed by atoms with van der Waals surface area (Å²) in [6.45, 7) is 2.69. The zero-order valence-corrected chi connectivity index (χ0v) is 13.7. The highest BCUT2D eigenvalue weighted by Gasteiger charge is 2.29. The first kappa shape index (κ1) is 17.0. The lowest BCUT2D eigenvalue weighted by Gasteiger charge is -2.21. The molecule has 1 rings (SSSR count).